The van der Waals surface area contributed by atoms with E-state index < -0.39 is 11.4 Å². The van der Waals surface area contributed by atoms with Crippen molar-refractivity contribution in [1.82, 2.24) is 0 Å². The number of carbonyl (C=O) groups is 1. The molecule has 158 valence electrons. The summed E-state index contributed by atoms with van der Waals surface area (Å²) in [6.45, 7) is 10.5. The number of carbonyl (C=O) groups excluding carboxylic acids is 1. The molecular weight excluding hydrogens is 352 g/mol. The lowest BCUT2D eigenvalue weighted by molar-refractivity contribution is -0.219. The van der Waals surface area contributed by atoms with Crippen molar-refractivity contribution < 1.29 is 19.4 Å². The number of rotatable bonds is 1. The number of ketones is 1. The third kappa shape index (κ3) is 2.26. The maximum Gasteiger partial charge on any atom is 0.164 e. The highest BCUT2D eigenvalue weighted by atomic mass is 16.8. The smallest absolute Gasteiger partial charge is 0.164 e. The fourth-order valence-corrected chi connectivity index (χ4v) is 8.98. The first-order valence-electron chi connectivity index (χ1n) is 11.6. The summed E-state index contributed by atoms with van der Waals surface area (Å²) >= 11 is 0. The van der Waals surface area contributed by atoms with Gasteiger partial charge in [0, 0.05) is 5.41 Å². The van der Waals surface area contributed by atoms with Gasteiger partial charge < -0.3 is 14.6 Å². The maximum atomic E-state index is 13.1. The zero-order valence-corrected chi connectivity index (χ0v) is 18.3. The first kappa shape index (κ1) is 19.5. The van der Waals surface area contributed by atoms with E-state index in [0.717, 1.165) is 32.1 Å². The van der Waals surface area contributed by atoms with Crippen molar-refractivity contribution in [2.24, 2.45) is 34.5 Å². The van der Waals surface area contributed by atoms with Gasteiger partial charge in [0.25, 0.3) is 0 Å². The Bertz CT molecular complexity index is 688. The lowest BCUT2D eigenvalue weighted by Gasteiger charge is -2.61. The molecule has 0 aromatic carbocycles. The van der Waals surface area contributed by atoms with Gasteiger partial charge in [0.1, 0.15) is 0 Å². The molecule has 0 amide bonds. The number of ether oxygens (including phenoxy) is 2. The van der Waals surface area contributed by atoms with E-state index in [0.29, 0.717) is 29.1 Å². The summed E-state index contributed by atoms with van der Waals surface area (Å²) in [5, 5.41) is 10.2. The van der Waals surface area contributed by atoms with Crippen molar-refractivity contribution in [3.05, 3.63) is 0 Å². The normalized spacial score (nSPS) is 57.1. The van der Waals surface area contributed by atoms with Crippen LogP contribution in [0.2, 0.25) is 0 Å². The number of hydrogen-bond donors (Lipinski definition) is 1. The molecule has 5 fully saturated rings. The van der Waals surface area contributed by atoms with Crippen LogP contribution in [0, 0.1) is 34.5 Å². The molecule has 5 aliphatic rings. The van der Waals surface area contributed by atoms with Crippen molar-refractivity contribution in [3.8, 4) is 0 Å². The van der Waals surface area contributed by atoms with Crippen molar-refractivity contribution in [2.45, 2.75) is 110 Å². The van der Waals surface area contributed by atoms with Crippen molar-refractivity contribution in [1.29, 1.82) is 0 Å². The quantitative estimate of drug-likeness (QED) is 0.717. The number of hydrogen-bond acceptors (Lipinski definition) is 4. The van der Waals surface area contributed by atoms with E-state index in [1.807, 2.05) is 13.8 Å². The third-order valence-electron chi connectivity index (χ3n) is 10.2. The minimum absolute atomic E-state index is 0.0978. The van der Waals surface area contributed by atoms with Crippen LogP contribution in [0.15, 0.2) is 0 Å². The Balaban J connectivity index is 1.50. The number of aliphatic hydroxyl groups excluding tert-OH is 1. The summed E-state index contributed by atoms with van der Waals surface area (Å²) in [4.78, 5) is 13.1. The topological polar surface area (TPSA) is 55.8 Å². The molecule has 0 aromatic rings. The largest absolute Gasteiger partial charge is 0.393 e. The van der Waals surface area contributed by atoms with Gasteiger partial charge in [0.05, 0.1) is 12.2 Å². The summed E-state index contributed by atoms with van der Waals surface area (Å²) in [5.74, 6) is 2.02. The highest BCUT2D eigenvalue weighted by molar-refractivity contribution is 5.88. The van der Waals surface area contributed by atoms with E-state index in [9.17, 15) is 9.90 Å². The predicted molar refractivity (Wildman–Crippen MR) is 107 cm³/mol. The van der Waals surface area contributed by atoms with Crippen LogP contribution < -0.4 is 0 Å². The van der Waals surface area contributed by atoms with Crippen LogP contribution in [0.5, 0.6) is 0 Å². The van der Waals surface area contributed by atoms with Gasteiger partial charge in [0.15, 0.2) is 17.2 Å². The molecule has 4 nitrogen and oxygen atoms in total. The van der Waals surface area contributed by atoms with Gasteiger partial charge in [-0.25, -0.2) is 0 Å². The number of aliphatic hydroxyl groups is 1. The van der Waals surface area contributed by atoms with Gasteiger partial charge in [-0.15, -0.1) is 0 Å². The van der Waals surface area contributed by atoms with Crippen LogP contribution >= 0.6 is 0 Å². The van der Waals surface area contributed by atoms with E-state index in [1.54, 1.807) is 6.92 Å². The van der Waals surface area contributed by atoms with Gasteiger partial charge in [-0.2, -0.15) is 0 Å². The van der Waals surface area contributed by atoms with Crippen LogP contribution in [-0.2, 0) is 14.3 Å². The summed E-state index contributed by atoms with van der Waals surface area (Å²) in [6, 6.07) is 0. The minimum atomic E-state index is -0.771. The molecule has 4 saturated carbocycles. The second-order valence-electron chi connectivity index (χ2n) is 11.7. The molecule has 0 bridgehead atoms. The molecular formula is C24H38O4. The Morgan fingerprint density at radius 2 is 1.71 bits per heavy atom. The summed E-state index contributed by atoms with van der Waals surface area (Å²) in [6.07, 6.45) is 8.57. The summed E-state index contributed by atoms with van der Waals surface area (Å²) in [7, 11) is 0. The second kappa shape index (κ2) is 5.82. The lowest BCUT2D eigenvalue weighted by Crippen LogP contribution is -2.60. The van der Waals surface area contributed by atoms with E-state index in [4.69, 9.17) is 9.47 Å². The summed E-state index contributed by atoms with van der Waals surface area (Å²) in [5.41, 5.74) is -0.548. The first-order chi connectivity index (χ1) is 13.0. The Morgan fingerprint density at radius 3 is 2.43 bits per heavy atom. The van der Waals surface area contributed by atoms with Gasteiger partial charge >= 0.3 is 0 Å². The average molecular weight is 391 g/mol. The number of fused-ring (bicyclic) bond motifs is 7. The molecule has 0 aromatic heterocycles. The first-order valence-corrected chi connectivity index (χ1v) is 11.6. The Kier molecular flexibility index (Phi) is 4.06. The molecule has 1 saturated heterocycles. The average Bonchev–Trinajstić information content (AvgIpc) is 3.02. The Hall–Kier alpha value is -0.450. The molecule has 0 radical (unpaired) electrons. The molecule has 4 heteroatoms. The number of Topliss-reactive ketones (excluding diaryl/α,β-unsaturated/α-hetero) is 1. The predicted octanol–water partition coefficient (Wildman–Crippen LogP) is 4.48. The molecule has 1 heterocycles. The fraction of sp³-hybridized carbons (Fsp3) is 0.958. The summed E-state index contributed by atoms with van der Waals surface area (Å²) < 4.78 is 12.9. The van der Waals surface area contributed by atoms with Crippen LogP contribution in [0.3, 0.4) is 0 Å². The van der Waals surface area contributed by atoms with Crippen molar-refractivity contribution >= 4 is 5.78 Å². The van der Waals surface area contributed by atoms with E-state index in [1.165, 1.54) is 19.3 Å². The van der Waals surface area contributed by atoms with Crippen molar-refractivity contribution in [2.75, 3.05) is 0 Å². The maximum absolute atomic E-state index is 13.1. The standard InChI is InChI=1S/C24H38O4/c1-14(25)24-20(27-21(2,3)28-24)13-19-17-7-6-15-12-16(26)8-10-22(15,4)18(17)9-11-23(19,24)5/h15-20,26H,6-13H2,1-5H3/t15-,16-,17+,18+,19+,20+,22-,23-,24+/m0/s1. The van der Waals surface area contributed by atoms with E-state index >= 15 is 0 Å². The third-order valence-corrected chi connectivity index (χ3v) is 10.2. The van der Waals surface area contributed by atoms with Crippen molar-refractivity contribution in [3.63, 3.8) is 0 Å². The highest BCUT2D eigenvalue weighted by Gasteiger charge is 2.75. The minimum Gasteiger partial charge on any atom is -0.393 e. The lowest BCUT2D eigenvalue weighted by atomic mass is 9.44. The van der Waals surface area contributed by atoms with Gasteiger partial charge in [-0.3, -0.25) is 4.79 Å². The van der Waals surface area contributed by atoms with Crippen LogP contribution in [0.4, 0.5) is 0 Å². The zero-order valence-electron chi connectivity index (χ0n) is 18.3. The molecule has 9 atom stereocenters. The van der Waals surface area contributed by atoms with Gasteiger partial charge in [-0.05, 0) is 101 Å². The van der Waals surface area contributed by atoms with E-state index in [-0.39, 0.29) is 23.4 Å². The molecule has 0 unspecified atom stereocenters. The van der Waals surface area contributed by atoms with Gasteiger partial charge in [0.2, 0.25) is 0 Å². The molecule has 28 heavy (non-hydrogen) atoms. The molecule has 0 spiro atoms. The van der Waals surface area contributed by atoms with Crippen LogP contribution in [0.25, 0.3) is 0 Å². The second-order valence-corrected chi connectivity index (χ2v) is 11.7. The Labute approximate surface area is 169 Å². The van der Waals surface area contributed by atoms with Gasteiger partial charge in [-0.1, -0.05) is 13.8 Å². The monoisotopic (exact) mass is 390 g/mol. The van der Waals surface area contributed by atoms with Crippen LogP contribution in [-0.4, -0.2) is 34.5 Å². The fourth-order valence-electron chi connectivity index (χ4n) is 8.98. The molecule has 1 N–H and O–H groups in total. The van der Waals surface area contributed by atoms with E-state index in [2.05, 4.69) is 13.8 Å². The molecule has 1 aliphatic heterocycles. The zero-order chi connectivity index (χ0) is 20.1. The molecule has 4 aliphatic carbocycles. The molecule has 5 rings (SSSR count). The SMILES string of the molecule is CC(=O)[C@@]12OC(C)(C)O[C@@H]1C[C@@H]1[C@@H]3CC[C@H]4C[C@@H](O)CC[C@]4(C)[C@@H]3CC[C@@]12C. The Morgan fingerprint density at radius 1 is 0.964 bits per heavy atom. The van der Waals surface area contributed by atoms with Crippen LogP contribution in [0.1, 0.15) is 86.0 Å². The highest BCUT2D eigenvalue weighted by Crippen LogP contribution is 2.71.